The van der Waals surface area contributed by atoms with Gasteiger partial charge in [0.15, 0.2) is 0 Å². The van der Waals surface area contributed by atoms with Gasteiger partial charge in [-0.1, -0.05) is 0 Å². The molecule has 1 aliphatic heterocycles. The highest BCUT2D eigenvalue weighted by Gasteiger charge is 2.67. The number of nitrogens with zero attached hydrogens (tertiary/aromatic N) is 1. The fourth-order valence-corrected chi connectivity index (χ4v) is 4.42. The van der Waals surface area contributed by atoms with Gasteiger partial charge in [0, 0.05) is 11.8 Å². The third-order valence-electron chi connectivity index (χ3n) is 5.42. The Balaban J connectivity index is 1.69. The fourth-order valence-electron chi connectivity index (χ4n) is 4.42. The second-order valence-electron chi connectivity index (χ2n) is 6.31. The number of aliphatic hydroxyl groups is 2. The van der Waals surface area contributed by atoms with Gasteiger partial charge in [0.1, 0.15) is 5.75 Å². The number of carbonyl (C=O) groups excluding carboxylic acids is 2. The number of hydrogen-bond donors (Lipinski definition) is 2. The quantitative estimate of drug-likeness (QED) is 0.761. The van der Waals surface area contributed by atoms with Gasteiger partial charge in [-0.15, -0.1) is 0 Å². The minimum absolute atomic E-state index is 0.265. The molecule has 2 saturated carbocycles. The number of methoxy groups -OCH3 is 1. The van der Waals surface area contributed by atoms with E-state index in [9.17, 15) is 19.8 Å². The van der Waals surface area contributed by atoms with E-state index in [0.29, 0.717) is 17.9 Å². The third-order valence-corrected chi connectivity index (χ3v) is 5.42. The first-order valence-electron chi connectivity index (χ1n) is 7.42. The van der Waals surface area contributed by atoms with Crippen molar-refractivity contribution in [2.24, 2.45) is 23.7 Å². The summed E-state index contributed by atoms with van der Waals surface area (Å²) < 4.78 is 5.08. The number of imide groups is 1. The van der Waals surface area contributed by atoms with Gasteiger partial charge in [-0.2, -0.15) is 0 Å². The van der Waals surface area contributed by atoms with Crippen LogP contribution in [0.4, 0.5) is 5.69 Å². The van der Waals surface area contributed by atoms with Crippen LogP contribution in [-0.2, 0) is 9.59 Å². The molecule has 1 aromatic carbocycles. The lowest BCUT2D eigenvalue weighted by Crippen LogP contribution is -2.43. The Morgan fingerprint density at radius 2 is 1.50 bits per heavy atom. The molecule has 6 unspecified atom stereocenters. The van der Waals surface area contributed by atoms with Gasteiger partial charge in [0.05, 0.1) is 36.8 Å². The van der Waals surface area contributed by atoms with Crippen LogP contribution in [0.2, 0.25) is 0 Å². The Labute approximate surface area is 127 Å². The SMILES string of the molecule is COc1ccc(N2C(=O)C3C4CC(C(O)C4O)C3C2=O)cc1. The van der Waals surface area contributed by atoms with Crippen molar-refractivity contribution in [2.45, 2.75) is 18.6 Å². The molecule has 6 nitrogen and oxygen atoms in total. The first-order chi connectivity index (χ1) is 10.5. The Hall–Kier alpha value is -1.92. The monoisotopic (exact) mass is 303 g/mol. The molecule has 0 radical (unpaired) electrons. The second-order valence-corrected chi connectivity index (χ2v) is 6.31. The zero-order valence-electron chi connectivity index (χ0n) is 12.0. The lowest BCUT2D eigenvalue weighted by Gasteiger charge is -2.29. The topological polar surface area (TPSA) is 87.1 Å². The summed E-state index contributed by atoms with van der Waals surface area (Å²) in [5.74, 6) is -1.52. The molecule has 2 N–H and O–H groups in total. The summed E-state index contributed by atoms with van der Waals surface area (Å²) in [4.78, 5) is 26.5. The van der Waals surface area contributed by atoms with Crippen LogP contribution in [0.3, 0.4) is 0 Å². The number of hydrogen-bond acceptors (Lipinski definition) is 5. The molecule has 1 aromatic rings. The molecule has 2 aliphatic carbocycles. The highest BCUT2D eigenvalue weighted by Crippen LogP contribution is 2.56. The molecule has 3 fully saturated rings. The number of aliphatic hydroxyl groups excluding tert-OH is 2. The van der Waals surface area contributed by atoms with E-state index >= 15 is 0 Å². The summed E-state index contributed by atoms with van der Waals surface area (Å²) in [5.41, 5.74) is 0.508. The molecule has 3 aliphatic rings. The minimum atomic E-state index is -0.904. The number of ether oxygens (including phenoxy) is 1. The Kier molecular flexibility index (Phi) is 2.83. The summed E-state index contributed by atoms with van der Waals surface area (Å²) >= 11 is 0. The van der Waals surface area contributed by atoms with Gasteiger partial charge in [0.25, 0.3) is 0 Å². The number of amides is 2. The maximum absolute atomic E-state index is 12.7. The fraction of sp³-hybridized carbons (Fsp3) is 0.500. The van der Waals surface area contributed by atoms with Gasteiger partial charge in [-0.05, 0) is 30.7 Å². The molecule has 2 bridgehead atoms. The number of rotatable bonds is 2. The number of carbonyl (C=O) groups is 2. The smallest absolute Gasteiger partial charge is 0.238 e. The van der Waals surface area contributed by atoms with Crippen molar-refractivity contribution >= 4 is 17.5 Å². The van der Waals surface area contributed by atoms with Crippen LogP contribution < -0.4 is 9.64 Å². The molecule has 1 saturated heterocycles. The van der Waals surface area contributed by atoms with Gasteiger partial charge in [-0.3, -0.25) is 14.5 Å². The van der Waals surface area contributed by atoms with E-state index < -0.39 is 24.0 Å². The van der Waals surface area contributed by atoms with E-state index in [1.165, 1.54) is 4.90 Å². The molecular weight excluding hydrogens is 286 g/mol. The van der Waals surface area contributed by atoms with Crippen LogP contribution in [0, 0.1) is 23.7 Å². The summed E-state index contributed by atoms with van der Waals surface area (Å²) in [5, 5.41) is 20.0. The third kappa shape index (κ3) is 1.56. The first-order valence-corrected chi connectivity index (χ1v) is 7.42. The van der Waals surface area contributed by atoms with Crippen LogP contribution in [0.1, 0.15) is 6.42 Å². The average Bonchev–Trinajstić information content (AvgIpc) is 3.13. The molecule has 0 spiro atoms. The summed E-state index contributed by atoms with van der Waals surface area (Å²) in [6, 6.07) is 6.74. The van der Waals surface area contributed by atoms with Crippen LogP contribution in [0.5, 0.6) is 5.75 Å². The predicted octanol–water partition coefficient (Wildman–Crippen LogP) is 0.172. The van der Waals surface area contributed by atoms with Crippen LogP contribution in [0.15, 0.2) is 24.3 Å². The Morgan fingerprint density at radius 1 is 1.00 bits per heavy atom. The minimum Gasteiger partial charge on any atom is -0.497 e. The average molecular weight is 303 g/mol. The lowest BCUT2D eigenvalue weighted by molar-refractivity contribution is -0.129. The number of benzene rings is 1. The predicted molar refractivity (Wildman–Crippen MR) is 76.1 cm³/mol. The number of fused-ring (bicyclic) bond motifs is 5. The van der Waals surface area contributed by atoms with E-state index in [0.717, 1.165) is 0 Å². The van der Waals surface area contributed by atoms with Crippen molar-refractivity contribution < 1.29 is 24.5 Å². The maximum atomic E-state index is 12.7. The summed E-state index contributed by atoms with van der Waals surface area (Å²) in [6.07, 6.45) is -1.26. The van der Waals surface area contributed by atoms with Gasteiger partial charge in [0.2, 0.25) is 11.8 Å². The van der Waals surface area contributed by atoms with Gasteiger partial charge >= 0.3 is 0 Å². The molecule has 1 heterocycles. The zero-order valence-corrected chi connectivity index (χ0v) is 12.0. The lowest BCUT2D eigenvalue weighted by atomic mass is 9.78. The molecule has 116 valence electrons. The Morgan fingerprint density at radius 3 is 1.95 bits per heavy atom. The van der Waals surface area contributed by atoms with Crippen molar-refractivity contribution in [3.8, 4) is 5.75 Å². The van der Waals surface area contributed by atoms with Gasteiger partial charge in [-0.25, -0.2) is 0 Å². The zero-order chi connectivity index (χ0) is 15.6. The van der Waals surface area contributed by atoms with Crippen molar-refractivity contribution in [1.82, 2.24) is 0 Å². The van der Waals surface area contributed by atoms with Crippen molar-refractivity contribution in [1.29, 1.82) is 0 Å². The van der Waals surface area contributed by atoms with Crippen molar-refractivity contribution in [3.63, 3.8) is 0 Å². The highest BCUT2D eigenvalue weighted by molar-refractivity contribution is 6.22. The molecule has 6 atom stereocenters. The highest BCUT2D eigenvalue weighted by atomic mass is 16.5. The van der Waals surface area contributed by atoms with Crippen LogP contribution >= 0.6 is 0 Å². The maximum Gasteiger partial charge on any atom is 0.238 e. The standard InChI is InChI=1S/C16H17NO5/c1-22-8-4-2-7(3-5-8)17-15(20)11-9-6-10(12(11)16(17)21)14(19)13(9)18/h2-5,9-14,18-19H,6H2,1H3. The second kappa shape index (κ2) is 4.54. The number of anilines is 1. The van der Waals surface area contributed by atoms with E-state index in [1.54, 1.807) is 31.4 Å². The first kappa shape index (κ1) is 13.7. The van der Waals surface area contributed by atoms with Crippen LogP contribution in [-0.4, -0.2) is 41.3 Å². The van der Waals surface area contributed by atoms with E-state index in [1.807, 2.05) is 0 Å². The van der Waals surface area contributed by atoms with Crippen molar-refractivity contribution in [3.05, 3.63) is 24.3 Å². The Bertz CT molecular complexity index is 610. The largest absolute Gasteiger partial charge is 0.497 e. The molecule has 0 aromatic heterocycles. The van der Waals surface area contributed by atoms with E-state index in [2.05, 4.69) is 0 Å². The van der Waals surface area contributed by atoms with Gasteiger partial charge < -0.3 is 14.9 Å². The molecule has 4 rings (SSSR count). The van der Waals surface area contributed by atoms with Crippen molar-refractivity contribution in [2.75, 3.05) is 12.0 Å². The summed E-state index contributed by atoms with van der Waals surface area (Å²) in [7, 11) is 1.55. The normalized spacial score (nSPS) is 39.5. The van der Waals surface area contributed by atoms with Crippen LogP contribution in [0.25, 0.3) is 0 Å². The van der Waals surface area contributed by atoms with E-state index in [-0.39, 0.29) is 23.7 Å². The molecular formula is C16H17NO5. The molecule has 22 heavy (non-hydrogen) atoms. The summed E-state index contributed by atoms with van der Waals surface area (Å²) in [6.45, 7) is 0. The van der Waals surface area contributed by atoms with E-state index in [4.69, 9.17) is 4.74 Å². The molecule has 6 heteroatoms. The molecule has 2 amide bonds.